The molecule has 3 aliphatic rings. The first kappa shape index (κ1) is 15.8. The van der Waals surface area contributed by atoms with Gasteiger partial charge in [0.25, 0.3) is 0 Å². The molecule has 3 fully saturated rings. The topological polar surface area (TPSA) is 38.7 Å². The molecular formula is C21H24O3. The van der Waals surface area contributed by atoms with Crippen LogP contribution in [0.3, 0.4) is 0 Å². The zero-order valence-electron chi connectivity index (χ0n) is 13.8. The van der Waals surface area contributed by atoms with Gasteiger partial charge in [-0.05, 0) is 30.4 Å². The van der Waals surface area contributed by atoms with Crippen LogP contribution in [0.1, 0.15) is 17.5 Å². The van der Waals surface area contributed by atoms with Gasteiger partial charge in [0.1, 0.15) is 6.10 Å². The number of benzene rings is 2. The van der Waals surface area contributed by atoms with Crippen molar-refractivity contribution in [2.75, 3.05) is 13.2 Å². The molecule has 0 aromatic heterocycles. The summed E-state index contributed by atoms with van der Waals surface area (Å²) in [5.74, 6) is 0.353. The van der Waals surface area contributed by atoms with Gasteiger partial charge in [0, 0.05) is 11.3 Å². The van der Waals surface area contributed by atoms with Crippen molar-refractivity contribution in [1.82, 2.24) is 0 Å². The Kier molecular flexibility index (Phi) is 4.40. The summed E-state index contributed by atoms with van der Waals surface area (Å²) in [6.07, 6.45) is 1.48. The van der Waals surface area contributed by atoms with Crippen molar-refractivity contribution in [2.24, 2.45) is 11.3 Å². The molecule has 0 spiro atoms. The monoisotopic (exact) mass is 324 g/mol. The molecule has 3 saturated heterocycles. The van der Waals surface area contributed by atoms with E-state index in [0.717, 1.165) is 19.3 Å². The molecule has 3 heterocycles. The van der Waals surface area contributed by atoms with E-state index in [1.165, 1.54) is 11.1 Å². The summed E-state index contributed by atoms with van der Waals surface area (Å²) in [7, 11) is 0. The van der Waals surface area contributed by atoms with Gasteiger partial charge >= 0.3 is 0 Å². The lowest BCUT2D eigenvalue weighted by Gasteiger charge is -2.38. The highest BCUT2D eigenvalue weighted by molar-refractivity contribution is 5.22. The zero-order valence-corrected chi connectivity index (χ0v) is 13.8. The minimum Gasteiger partial charge on any atom is -0.387 e. The van der Waals surface area contributed by atoms with E-state index < -0.39 is 12.4 Å². The van der Waals surface area contributed by atoms with Gasteiger partial charge in [-0.3, -0.25) is 0 Å². The van der Waals surface area contributed by atoms with Gasteiger partial charge in [-0.1, -0.05) is 60.7 Å². The van der Waals surface area contributed by atoms with Gasteiger partial charge in [-0.15, -0.1) is 0 Å². The summed E-state index contributed by atoms with van der Waals surface area (Å²) >= 11 is 0. The van der Waals surface area contributed by atoms with Gasteiger partial charge in [-0.2, -0.15) is 0 Å². The van der Waals surface area contributed by atoms with Gasteiger partial charge in [0.05, 0.1) is 13.2 Å². The van der Waals surface area contributed by atoms with Crippen LogP contribution in [0.4, 0.5) is 0 Å². The van der Waals surface area contributed by atoms with Crippen LogP contribution in [0.5, 0.6) is 0 Å². The average molecular weight is 324 g/mol. The van der Waals surface area contributed by atoms with E-state index >= 15 is 0 Å². The van der Waals surface area contributed by atoms with E-state index in [0.29, 0.717) is 19.1 Å². The molecule has 3 heteroatoms. The number of rotatable bonds is 4. The molecule has 2 aromatic carbocycles. The summed E-state index contributed by atoms with van der Waals surface area (Å²) < 4.78 is 11.5. The number of ether oxygens (including phenoxy) is 2. The SMILES string of the molecule is O[C@@H]1C2OCC(CO2)CC1(Cc1ccccc1)Cc1ccccc1. The van der Waals surface area contributed by atoms with E-state index in [1.807, 2.05) is 12.1 Å². The molecule has 1 N–H and O–H groups in total. The quantitative estimate of drug-likeness (QED) is 0.938. The Hall–Kier alpha value is -1.68. The second-order valence-electron chi connectivity index (χ2n) is 7.24. The van der Waals surface area contributed by atoms with Crippen LogP contribution in [-0.2, 0) is 22.3 Å². The molecule has 5 rings (SSSR count). The molecule has 3 aliphatic heterocycles. The van der Waals surface area contributed by atoms with Crippen molar-refractivity contribution in [1.29, 1.82) is 0 Å². The highest BCUT2D eigenvalue weighted by atomic mass is 16.7. The molecule has 0 radical (unpaired) electrons. The molecule has 3 nitrogen and oxygen atoms in total. The molecule has 0 unspecified atom stereocenters. The van der Waals surface area contributed by atoms with Crippen molar-refractivity contribution in [2.45, 2.75) is 31.7 Å². The molecular weight excluding hydrogens is 300 g/mol. The summed E-state index contributed by atoms with van der Waals surface area (Å²) in [5.41, 5.74) is 2.26. The van der Waals surface area contributed by atoms with Crippen molar-refractivity contribution in [3.63, 3.8) is 0 Å². The molecule has 126 valence electrons. The Balaban J connectivity index is 1.71. The van der Waals surface area contributed by atoms with Crippen LogP contribution in [0.2, 0.25) is 0 Å². The predicted molar refractivity (Wildman–Crippen MR) is 92.5 cm³/mol. The lowest BCUT2D eigenvalue weighted by molar-refractivity contribution is -0.234. The third-order valence-corrected chi connectivity index (χ3v) is 5.37. The fourth-order valence-corrected chi connectivity index (χ4v) is 4.26. The first-order valence-electron chi connectivity index (χ1n) is 8.74. The molecule has 1 atom stereocenters. The maximum absolute atomic E-state index is 11.2. The fraction of sp³-hybridized carbons (Fsp3) is 0.429. The predicted octanol–water partition coefficient (Wildman–Crippen LogP) is 3.21. The average Bonchev–Trinajstić information content (AvgIpc) is 2.82. The highest BCUT2D eigenvalue weighted by Crippen LogP contribution is 2.44. The van der Waals surface area contributed by atoms with Crippen molar-refractivity contribution < 1.29 is 14.6 Å². The highest BCUT2D eigenvalue weighted by Gasteiger charge is 2.49. The lowest BCUT2D eigenvalue weighted by Crippen LogP contribution is -2.46. The van der Waals surface area contributed by atoms with E-state index in [1.54, 1.807) is 0 Å². The van der Waals surface area contributed by atoms with Crippen LogP contribution in [0, 0.1) is 11.3 Å². The van der Waals surface area contributed by atoms with Crippen LogP contribution < -0.4 is 0 Å². The first-order valence-corrected chi connectivity index (χ1v) is 8.74. The molecule has 0 aliphatic carbocycles. The third kappa shape index (κ3) is 3.12. The maximum Gasteiger partial charge on any atom is 0.183 e. The van der Waals surface area contributed by atoms with Gasteiger partial charge in [-0.25, -0.2) is 0 Å². The Morgan fingerprint density at radius 1 is 0.833 bits per heavy atom. The Morgan fingerprint density at radius 2 is 1.33 bits per heavy atom. The normalized spacial score (nSPS) is 28.5. The van der Waals surface area contributed by atoms with E-state index in [2.05, 4.69) is 48.5 Å². The van der Waals surface area contributed by atoms with Crippen LogP contribution in [0.25, 0.3) is 0 Å². The Morgan fingerprint density at radius 3 is 1.83 bits per heavy atom. The summed E-state index contributed by atoms with van der Waals surface area (Å²) in [6, 6.07) is 20.9. The molecule has 24 heavy (non-hydrogen) atoms. The van der Waals surface area contributed by atoms with Crippen molar-refractivity contribution in [3.8, 4) is 0 Å². The molecule has 2 bridgehead atoms. The summed E-state index contributed by atoms with van der Waals surface area (Å²) in [5, 5.41) is 11.2. The number of hydrogen-bond donors (Lipinski definition) is 1. The smallest absolute Gasteiger partial charge is 0.183 e. The Bertz CT molecular complexity index is 606. The zero-order chi connectivity index (χ0) is 16.4. The van der Waals surface area contributed by atoms with Crippen molar-refractivity contribution >= 4 is 0 Å². The second-order valence-corrected chi connectivity index (χ2v) is 7.24. The van der Waals surface area contributed by atoms with Gasteiger partial charge < -0.3 is 14.6 Å². The number of fused-ring (bicyclic) bond motifs is 4. The van der Waals surface area contributed by atoms with E-state index in [4.69, 9.17) is 9.47 Å². The summed E-state index contributed by atoms with van der Waals surface area (Å²) in [4.78, 5) is 0. The summed E-state index contributed by atoms with van der Waals surface area (Å²) in [6.45, 7) is 1.38. The number of aliphatic hydroxyl groups is 1. The molecule has 0 saturated carbocycles. The standard InChI is InChI=1S/C21H24O3/c22-19-20-23-14-18(15-24-20)13-21(19,11-16-7-3-1-4-8-16)12-17-9-5-2-6-10-17/h1-10,18-20,22H,11-15H2/t18?,19-,20?/m1/s1. The van der Waals surface area contributed by atoms with Crippen LogP contribution >= 0.6 is 0 Å². The number of hydrogen-bond acceptors (Lipinski definition) is 3. The Labute approximate surface area is 143 Å². The number of aliphatic hydroxyl groups excluding tert-OH is 1. The van der Waals surface area contributed by atoms with Crippen LogP contribution in [0.15, 0.2) is 60.7 Å². The van der Waals surface area contributed by atoms with E-state index in [-0.39, 0.29) is 5.41 Å². The maximum atomic E-state index is 11.2. The largest absolute Gasteiger partial charge is 0.387 e. The first-order chi connectivity index (χ1) is 11.8. The minimum atomic E-state index is -0.620. The minimum absolute atomic E-state index is 0.259. The second kappa shape index (κ2) is 6.67. The lowest BCUT2D eigenvalue weighted by atomic mass is 9.68. The van der Waals surface area contributed by atoms with E-state index in [9.17, 15) is 5.11 Å². The fourth-order valence-electron chi connectivity index (χ4n) is 4.26. The molecule has 2 aromatic rings. The van der Waals surface area contributed by atoms with Gasteiger partial charge in [0.15, 0.2) is 6.29 Å². The van der Waals surface area contributed by atoms with Crippen molar-refractivity contribution in [3.05, 3.63) is 71.8 Å². The molecule has 0 amide bonds. The van der Waals surface area contributed by atoms with Crippen LogP contribution in [-0.4, -0.2) is 30.7 Å². The van der Waals surface area contributed by atoms with Gasteiger partial charge in [0.2, 0.25) is 0 Å². The third-order valence-electron chi connectivity index (χ3n) is 5.37.